The zero-order chi connectivity index (χ0) is 27.2. The number of ether oxygens (including phenoxy) is 2. The van der Waals surface area contributed by atoms with Crippen LogP contribution < -0.4 is 14.8 Å². The summed E-state index contributed by atoms with van der Waals surface area (Å²) in [5.74, 6) is 0.406. The molecule has 1 aliphatic heterocycles. The number of amides is 3. The quantitative estimate of drug-likeness (QED) is 0.273. The summed E-state index contributed by atoms with van der Waals surface area (Å²) in [6.07, 6.45) is 1.60. The maximum absolute atomic E-state index is 13.0. The van der Waals surface area contributed by atoms with Crippen LogP contribution in [0.3, 0.4) is 0 Å². The van der Waals surface area contributed by atoms with Crippen molar-refractivity contribution in [3.05, 3.63) is 92.8 Å². The fourth-order valence-electron chi connectivity index (χ4n) is 3.78. The highest BCUT2D eigenvalue weighted by molar-refractivity contribution is 9.10. The van der Waals surface area contributed by atoms with Crippen LogP contribution in [0.25, 0.3) is 6.08 Å². The predicted molar refractivity (Wildman–Crippen MR) is 153 cm³/mol. The van der Waals surface area contributed by atoms with E-state index in [-0.39, 0.29) is 11.4 Å². The van der Waals surface area contributed by atoms with Crippen molar-refractivity contribution in [2.75, 3.05) is 19.0 Å². The summed E-state index contributed by atoms with van der Waals surface area (Å²) in [4.78, 5) is 39.2. The zero-order valence-electron chi connectivity index (χ0n) is 21.2. The Hall–Kier alpha value is -3.56. The zero-order valence-corrected chi connectivity index (χ0v) is 23.6. The highest BCUT2D eigenvalue weighted by atomic mass is 79.9. The van der Waals surface area contributed by atoms with Gasteiger partial charge in [0.2, 0.25) is 5.91 Å². The first-order valence-corrected chi connectivity index (χ1v) is 13.6. The normalized spacial score (nSPS) is 14.3. The van der Waals surface area contributed by atoms with Crippen molar-refractivity contribution in [3.8, 4) is 11.5 Å². The second-order valence-corrected chi connectivity index (χ2v) is 10.7. The number of halogens is 1. The van der Waals surface area contributed by atoms with E-state index in [2.05, 4.69) is 35.1 Å². The SMILES string of the molecule is COc1cc(/C=C2/SC(=O)N(CC(=O)Nc3ccc(C(C)C)cc3)C2=O)cc(Br)c1OCc1ccccc1. The minimum absolute atomic E-state index is 0.219. The van der Waals surface area contributed by atoms with Gasteiger partial charge in [0, 0.05) is 5.69 Å². The van der Waals surface area contributed by atoms with E-state index in [1.54, 1.807) is 30.3 Å². The van der Waals surface area contributed by atoms with Crippen molar-refractivity contribution in [2.45, 2.75) is 26.4 Å². The van der Waals surface area contributed by atoms with Crippen molar-refractivity contribution in [1.82, 2.24) is 4.90 Å². The van der Waals surface area contributed by atoms with Crippen molar-refractivity contribution < 1.29 is 23.9 Å². The molecule has 0 unspecified atom stereocenters. The lowest BCUT2D eigenvalue weighted by atomic mass is 10.0. The number of anilines is 1. The van der Waals surface area contributed by atoms with Crippen LogP contribution in [0.5, 0.6) is 11.5 Å². The second-order valence-electron chi connectivity index (χ2n) is 8.90. The molecule has 7 nitrogen and oxygen atoms in total. The lowest BCUT2D eigenvalue weighted by Gasteiger charge is -2.14. The van der Waals surface area contributed by atoms with Gasteiger partial charge in [0.1, 0.15) is 13.2 Å². The maximum atomic E-state index is 13.0. The van der Waals surface area contributed by atoms with E-state index in [1.807, 2.05) is 42.5 Å². The average molecular weight is 596 g/mol. The van der Waals surface area contributed by atoms with E-state index in [0.717, 1.165) is 27.8 Å². The number of carbonyl (C=O) groups is 3. The number of thioether (sulfide) groups is 1. The molecule has 0 radical (unpaired) electrons. The number of carbonyl (C=O) groups excluding carboxylic acids is 3. The molecule has 0 spiro atoms. The first kappa shape index (κ1) is 27.5. The van der Waals surface area contributed by atoms with Crippen LogP contribution in [-0.2, 0) is 16.2 Å². The molecule has 9 heteroatoms. The number of benzene rings is 3. The summed E-state index contributed by atoms with van der Waals surface area (Å²) in [5, 5.41) is 2.24. The molecule has 0 atom stereocenters. The summed E-state index contributed by atoms with van der Waals surface area (Å²) < 4.78 is 12.1. The summed E-state index contributed by atoms with van der Waals surface area (Å²) in [7, 11) is 1.53. The lowest BCUT2D eigenvalue weighted by molar-refractivity contribution is -0.127. The van der Waals surface area contributed by atoms with E-state index in [9.17, 15) is 14.4 Å². The Morgan fingerprint density at radius 2 is 1.79 bits per heavy atom. The van der Waals surface area contributed by atoms with Gasteiger partial charge in [-0.2, -0.15) is 0 Å². The maximum Gasteiger partial charge on any atom is 0.294 e. The molecule has 4 rings (SSSR count). The molecule has 196 valence electrons. The van der Waals surface area contributed by atoms with Gasteiger partial charge in [0.25, 0.3) is 11.1 Å². The van der Waals surface area contributed by atoms with E-state index in [4.69, 9.17) is 9.47 Å². The molecule has 0 aromatic heterocycles. The van der Waals surface area contributed by atoms with E-state index in [0.29, 0.717) is 39.7 Å². The minimum atomic E-state index is -0.523. The Bertz CT molecular complexity index is 1370. The van der Waals surface area contributed by atoms with Crippen molar-refractivity contribution in [1.29, 1.82) is 0 Å². The van der Waals surface area contributed by atoms with E-state index >= 15 is 0 Å². The highest BCUT2D eigenvalue weighted by Gasteiger charge is 2.36. The monoisotopic (exact) mass is 594 g/mol. The summed E-state index contributed by atoms with van der Waals surface area (Å²) >= 11 is 4.31. The average Bonchev–Trinajstić information content (AvgIpc) is 3.15. The Kier molecular flexibility index (Phi) is 8.91. The smallest absolute Gasteiger partial charge is 0.294 e. The molecular formula is C29H27BrN2O5S. The van der Waals surface area contributed by atoms with Gasteiger partial charge in [-0.15, -0.1) is 0 Å². The van der Waals surface area contributed by atoms with Gasteiger partial charge in [0.15, 0.2) is 11.5 Å². The van der Waals surface area contributed by atoms with Crippen molar-refractivity contribution >= 4 is 56.5 Å². The second kappa shape index (κ2) is 12.3. The molecule has 3 aromatic rings. The lowest BCUT2D eigenvalue weighted by Crippen LogP contribution is -2.36. The highest BCUT2D eigenvalue weighted by Crippen LogP contribution is 2.39. The van der Waals surface area contributed by atoms with Gasteiger partial charge < -0.3 is 14.8 Å². The van der Waals surface area contributed by atoms with Gasteiger partial charge >= 0.3 is 0 Å². The molecule has 1 saturated heterocycles. The largest absolute Gasteiger partial charge is 0.493 e. The molecule has 1 aliphatic rings. The first-order valence-electron chi connectivity index (χ1n) is 11.9. The van der Waals surface area contributed by atoms with Crippen LogP contribution in [0.4, 0.5) is 10.5 Å². The standard InChI is InChI=1S/C29H27BrN2O5S/c1-18(2)21-9-11-22(12-10-21)31-26(33)16-32-28(34)25(38-29(32)35)15-20-13-23(30)27(24(14-20)36-3)37-17-19-7-5-4-6-8-19/h4-15,18H,16-17H2,1-3H3,(H,31,33)/b25-15+. The molecule has 1 fully saturated rings. The topological polar surface area (TPSA) is 84.9 Å². The van der Waals surface area contributed by atoms with Crippen LogP contribution in [0.15, 0.2) is 76.1 Å². The fraction of sp³-hybridized carbons (Fsp3) is 0.207. The molecule has 0 aliphatic carbocycles. The van der Waals surface area contributed by atoms with Gasteiger partial charge in [-0.25, -0.2) is 0 Å². The third kappa shape index (κ3) is 6.65. The number of hydrogen-bond acceptors (Lipinski definition) is 6. The molecule has 0 bridgehead atoms. The first-order chi connectivity index (χ1) is 18.2. The Morgan fingerprint density at radius 3 is 2.45 bits per heavy atom. The minimum Gasteiger partial charge on any atom is -0.493 e. The summed E-state index contributed by atoms with van der Waals surface area (Å²) in [6.45, 7) is 4.17. The number of rotatable bonds is 9. The third-order valence-electron chi connectivity index (χ3n) is 5.81. The number of nitrogens with one attached hydrogen (secondary N) is 1. The fourth-order valence-corrected chi connectivity index (χ4v) is 5.19. The number of methoxy groups -OCH3 is 1. The molecule has 3 aromatic carbocycles. The van der Waals surface area contributed by atoms with E-state index in [1.165, 1.54) is 7.11 Å². The Labute approximate surface area is 234 Å². The number of hydrogen-bond donors (Lipinski definition) is 1. The van der Waals surface area contributed by atoms with Gasteiger partial charge in [-0.1, -0.05) is 56.3 Å². The molecular weight excluding hydrogens is 568 g/mol. The Morgan fingerprint density at radius 1 is 1.08 bits per heavy atom. The summed E-state index contributed by atoms with van der Waals surface area (Å²) in [5.41, 5.74) is 3.41. The molecule has 1 heterocycles. The van der Waals surface area contributed by atoms with Crippen molar-refractivity contribution in [3.63, 3.8) is 0 Å². The van der Waals surface area contributed by atoms with Crippen LogP contribution in [0.2, 0.25) is 0 Å². The van der Waals surface area contributed by atoms with Crippen molar-refractivity contribution in [2.24, 2.45) is 0 Å². The predicted octanol–water partition coefficient (Wildman–Crippen LogP) is 6.84. The van der Waals surface area contributed by atoms with Crippen LogP contribution >= 0.6 is 27.7 Å². The molecule has 0 saturated carbocycles. The Balaban J connectivity index is 1.44. The van der Waals surface area contributed by atoms with Gasteiger partial charge in [-0.3, -0.25) is 19.3 Å². The van der Waals surface area contributed by atoms with E-state index < -0.39 is 17.1 Å². The van der Waals surface area contributed by atoms with Crippen LogP contribution in [0, 0.1) is 0 Å². The van der Waals surface area contributed by atoms with Crippen LogP contribution in [-0.4, -0.2) is 35.6 Å². The molecule has 1 N–H and O–H groups in total. The molecule has 38 heavy (non-hydrogen) atoms. The van der Waals surface area contributed by atoms with Crippen LogP contribution in [0.1, 0.15) is 36.5 Å². The molecule has 3 amide bonds. The van der Waals surface area contributed by atoms with Gasteiger partial charge in [0.05, 0.1) is 16.5 Å². The number of nitrogens with zero attached hydrogens (tertiary/aromatic N) is 1. The third-order valence-corrected chi connectivity index (χ3v) is 7.31. The number of imide groups is 1. The van der Waals surface area contributed by atoms with Gasteiger partial charge in [-0.05, 0) is 80.6 Å². The summed E-state index contributed by atoms with van der Waals surface area (Å²) in [6, 6.07) is 20.7.